The smallest absolute Gasteiger partial charge is 0.0502 e. The van der Waals surface area contributed by atoms with Crippen LogP contribution in [0.5, 0.6) is 0 Å². The zero-order valence-corrected chi connectivity index (χ0v) is 9.26. The van der Waals surface area contributed by atoms with Crippen molar-refractivity contribution in [2.45, 2.75) is 12.3 Å². The van der Waals surface area contributed by atoms with E-state index in [0.29, 0.717) is 0 Å². The first-order valence-corrected chi connectivity index (χ1v) is 5.55. The van der Waals surface area contributed by atoms with E-state index in [4.69, 9.17) is 0 Å². The predicted molar refractivity (Wildman–Crippen MR) is 68.6 cm³/mol. The minimum absolute atomic E-state index is 0.169. The lowest BCUT2D eigenvalue weighted by molar-refractivity contribution is 0.266. The van der Waals surface area contributed by atoms with Crippen molar-refractivity contribution in [2.24, 2.45) is 0 Å². The van der Waals surface area contributed by atoms with Gasteiger partial charge in [0.1, 0.15) is 0 Å². The number of hydrogen-bond donors (Lipinski definition) is 1. The van der Waals surface area contributed by atoms with Crippen LogP contribution in [-0.2, 0) is 0 Å². The number of benzene rings is 2. The molecule has 0 bridgehead atoms. The number of aliphatic hydroxyl groups excluding tert-OH is 1. The molecule has 0 aliphatic rings. The molecular formula is C15H16O. The Balaban J connectivity index is 2.41. The van der Waals surface area contributed by atoms with Crippen molar-refractivity contribution in [3.8, 4) is 0 Å². The second-order valence-corrected chi connectivity index (χ2v) is 4.01. The molecule has 0 spiro atoms. The SMILES string of the molecule is C=CCC(CO)c1ccc2ccccc2c1. The summed E-state index contributed by atoms with van der Waals surface area (Å²) in [7, 11) is 0. The third kappa shape index (κ3) is 2.15. The molecule has 0 saturated heterocycles. The van der Waals surface area contributed by atoms with Gasteiger partial charge < -0.3 is 5.11 Å². The van der Waals surface area contributed by atoms with Gasteiger partial charge in [-0.1, -0.05) is 48.5 Å². The molecule has 1 heteroatoms. The molecule has 0 heterocycles. The van der Waals surface area contributed by atoms with E-state index in [1.807, 2.05) is 18.2 Å². The summed E-state index contributed by atoms with van der Waals surface area (Å²) < 4.78 is 0. The molecule has 0 aliphatic carbocycles. The number of hydrogen-bond acceptors (Lipinski definition) is 1. The van der Waals surface area contributed by atoms with Gasteiger partial charge in [0.2, 0.25) is 0 Å². The molecule has 1 atom stereocenters. The van der Waals surface area contributed by atoms with Gasteiger partial charge in [0, 0.05) is 5.92 Å². The molecule has 0 fully saturated rings. The highest BCUT2D eigenvalue weighted by Gasteiger charge is 2.08. The summed E-state index contributed by atoms with van der Waals surface area (Å²) in [6, 6.07) is 14.6. The Morgan fingerprint density at radius 2 is 1.88 bits per heavy atom. The van der Waals surface area contributed by atoms with E-state index in [1.165, 1.54) is 16.3 Å². The number of rotatable bonds is 4. The topological polar surface area (TPSA) is 20.2 Å². The van der Waals surface area contributed by atoms with E-state index in [0.717, 1.165) is 6.42 Å². The maximum atomic E-state index is 9.33. The third-order valence-electron chi connectivity index (χ3n) is 2.92. The first-order valence-electron chi connectivity index (χ1n) is 5.55. The molecule has 2 rings (SSSR count). The molecule has 1 N–H and O–H groups in total. The molecule has 2 aromatic carbocycles. The average molecular weight is 212 g/mol. The zero-order chi connectivity index (χ0) is 11.4. The van der Waals surface area contributed by atoms with Crippen LogP contribution in [0.3, 0.4) is 0 Å². The van der Waals surface area contributed by atoms with Crippen molar-refractivity contribution in [3.63, 3.8) is 0 Å². The highest BCUT2D eigenvalue weighted by atomic mass is 16.3. The highest BCUT2D eigenvalue weighted by molar-refractivity contribution is 5.83. The lowest BCUT2D eigenvalue weighted by Crippen LogP contribution is -2.02. The van der Waals surface area contributed by atoms with Gasteiger partial charge in [-0.3, -0.25) is 0 Å². The Labute approximate surface area is 96.0 Å². The molecule has 82 valence electrons. The summed E-state index contributed by atoms with van der Waals surface area (Å²) in [5.41, 5.74) is 1.18. The predicted octanol–water partition coefficient (Wildman–Crippen LogP) is 3.49. The summed E-state index contributed by atoms with van der Waals surface area (Å²) in [5, 5.41) is 11.8. The van der Waals surface area contributed by atoms with Crippen molar-refractivity contribution in [1.29, 1.82) is 0 Å². The minimum atomic E-state index is 0.169. The Kier molecular flexibility index (Phi) is 3.37. The van der Waals surface area contributed by atoms with Gasteiger partial charge in [-0.25, -0.2) is 0 Å². The van der Waals surface area contributed by atoms with Crippen LogP contribution in [-0.4, -0.2) is 11.7 Å². The van der Waals surface area contributed by atoms with E-state index in [1.54, 1.807) is 0 Å². The number of allylic oxidation sites excluding steroid dienone is 1. The Morgan fingerprint density at radius 1 is 1.12 bits per heavy atom. The summed E-state index contributed by atoms with van der Waals surface area (Å²) in [6.07, 6.45) is 2.67. The Bertz CT molecular complexity index is 488. The molecule has 1 nitrogen and oxygen atoms in total. The van der Waals surface area contributed by atoms with Gasteiger partial charge in [0.15, 0.2) is 0 Å². The first-order chi connectivity index (χ1) is 7.85. The van der Waals surface area contributed by atoms with Gasteiger partial charge in [-0.2, -0.15) is 0 Å². The lowest BCUT2D eigenvalue weighted by Gasteiger charge is -2.13. The first kappa shape index (κ1) is 10.9. The molecule has 2 aromatic rings. The molecule has 0 aliphatic heterocycles. The number of aliphatic hydroxyl groups is 1. The maximum Gasteiger partial charge on any atom is 0.0502 e. The van der Waals surface area contributed by atoms with Crippen molar-refractivity contribution >= 4 is 10.8 Å². The van der Waals surface area contributed by atoms with Gasteiger partial charge >= 0.3 is 0 Å². The molecule has 0 radical (unpaired) electrons. The van der Waals surface area contributed by atoms with Crippen molar-refractivity contribution in [2.75, 3.05) is 6.61 Å². The second-order valence-electron chi connectivity index (χ2n) is 4.01. The fraction of sp³-hybridized carbons (Fsp3) is 0.200. The van der Waals surface area contributed by atoms with Gasteiger partial charge in [-0.05, 0) is 22.8 Å². The number of fused-ring (bicyclic) bond motifs is 1. The van der Waals surface area contributed by atoms with E-state index >= 15 is 0 Å². The van der Waals surface area contributed by atoms with E-state index in [2.05, 4.69) is 36.9 Å². The van der Waals surface area contributed by atoms with Crippen molar-refractivity contribution < 1.29 is 5.11 Å². The fourth-order valence-electron chi connectivity index (χ4n) is 1.98. The van der Waals surface area contributed by atoms with E-state index in [-0.39, 0.29) is 12.5 Å². The monoisotopic (exact) mass is 212 g/mol. The largest absolute Gasteiger partial charge is 0.396 e. The third-order valence-corrected chi connectivity index (χ3v) is 2.92. The molecule has 16 heavy (non-hydrogen) atoms. The van der Waals surface area contributed by atoms with Crippen LogP contribution in [0.15, 0.2) is 55.1 Å². The molecule has 1 unspecified atom stereocenters. The average Bonchev–Trinajstić information content (AvgIpc) is 2.35. The second kappa shape index (κ2) is 4.95. The fourth-order valence-corrected chi connectivity index (χ4v) is 1.98. The quantitative estimate of drug-likeness (QED) is 0.769. The van der Waals surface area contributed by atoms with Gasteiger partial charge in [0.05, 0.1) is 6.61 Å². The minimum Gasteiger partial charge on any atom is -0.396 e. The zero-order valence-electron chi connectivity index (χ0n) is 9.26. The van der Waals surface area contributed by atoms with Crippen LogP contribution >= 0.6 is 0 Å². The summed E-state index contributed by atoms with van der Waals surface area (Å²) in [6.45, 7) is 3.90. The lowest BCUT2D eigenvalue weighted by atomic mass is 9.94. The Morgan fingerprint density at radius 3 is 2.56 bits per heavy atom. The molecular weight excluding hydrogens is 196 g/mol. The van der Waals surface area contributed by atoms with E-state index < -0.39 is 0 Å². The maximum absolute atomic E-state index is 9.33. The van der Waals surface area contributed by atoms with Crippen molar-refractivity contribution in [3.05, 3.63) is 60.7 Å². The van der Waals surface area contributed by atoms with Gasteiger partial charge in [0.25, 0.3) is 0 Å². The molecule has 0 aromatic heterocycles. The summed E-state index contributed by atoms with van der Waals surface area (Å²) >= 11 is 0. The van der Waals surface area contributed by atoms with Crippen LogP contribution < -0.4 is 0 Å². The molecule has 0 saturated carbocycles. The van der Waals surface area contributed by atoms with Gasteiger partial charge in [-0.15, -0.1) is 6.58 Å². The summed E-state index contributed by atoms with van der Waals surface area (Å²) in [4.78, 5) is 0. The van der Waals surface area contributed by atoms with Crippen molar-refractivity contribution in [1.82, 2.24) is 0 Å². The van der Waals surface area contributed by atoms with Crippen LogP contribution in [0.4, 0.5) is 0 Å². The highest BCUT2D eigenvalue weighted by Crippen LogP contribution is 2.24. The Hall–Kier alpha value is -1.60. The van der Waals surface area contributed by atoms with Crippen LogP contribution in [0.1, 0.15) is 17.9 Å². The van der Waals surface area contributed by atoms with Crippen LogP contribution in [0.25, 0.3) is 10.8 Å². The van der Waals surface area contributed by atoms with Crippen LogP contribution in [0, 0.1) is 0 Å². The normalized spacial score (nSPS) is 12.6. The summed E-state index contributed by atoms with van der Waals surface area (Å²) in [5.74, 6) is 0.169. The van der Waals surface area contributed by atoms with Crippen LogP contribution in [0.2, 0.25) is 0 Å². The molecule has 0 amide bonds. The standard InChI is InChI=1S/C15H16O/c1-2-5-15(11-16)14-9-8-12-6-3-4-7-13(12)10-14/h2-4,6-10,15-16H,1,5,11H2. The van der Waals surface area contributed by atoms with E-state index in [9.17, 15) is 5.11 Å².